The van der Waals surface area contributed by atoms with Crippen molar-refractivity contribution in [3.8, 4) is 0 Å². The molecule has 10 heteroatoms. The van der Waals surface area contributed by atoms with Crippen LogP contribution in [0.1, 0.15) is 41.8 Å². The second kappa shape index (κ2) is 9.91. The number of benzene rings is 1. The molecular weight excluding hydrogens is 518 g/mol. The van der Waals surface area contributed by atoms with Crippen molar-refractivity contribution >= 4 is 68.0 Å². The molecule has 0 atom stereocenters. The summed E-state index contributed by atoms with van der Waals surface area (Å²) in [5, 5.41) is 6.25. The Balaban J connectivity index is 1.49. The van der Waals surface area contributed by atoms with Gasteiger partial charge < -0.3 is 20.3 Å². The third-order valence-corrected chi connectivity index (χ3v) is 7.68. The fourth-order valence-corrected chi connectivity index (χ4v) is 5.65. The Morgan fingerprint density at radius 2 is 1.94 bits per heavy atom. The number of hydrogen-bond donors (Lipinski definition) is 2. The third-order valence-electron chi connectivity index (χ3n) is 5.76. The SMILES string of the molecule is O=C(NC1(C(=O)Nc2ccc(N3CCOCCC3=O)c(Cl)c2)CCCC1)c1ccc(Br)s1. The van der Waals surface area contributed by atoms with Crippen molar-refractivity contribution < 1.29 is 19.1 Å². The number of halogens is 2. The van der Waals surface area contributed by atoms with Gasteiger partial charge in [-0.1, -0.05) is 24.4 Å². The van der Waals surface area contributed by atoms with Crippen LogP contribution >= 0.6 is 38.9 Å². The smallest absolute Gasteiger partial charge is 0.262 e. The molecule has 1 saturated heterocycles. The van der Waals surface area contributed by atoms with E-state index in [0.29, 0.717) is 60.3 Å². The van der Waals surface area contributed by atoms with Gasteiger partial charge in [-0.3, -0.25) is 14.4 Å². The zero-order valence-electron chi connectivity index (χ0n) is 17.3. The Hall–Kier alpha value is -1.94. The fourth-order valence-electron chi connectivity index (χ4n) is 4.09. The van der Waals surface area contributed by atoms with Gasteiger partial charge in [-0.25, -0.2) is 0 Å². The molecule has 2 aromatic rings. The molecule has 2 aliphatic rings. The molecule has 1 aliphatic carbocycles. The molecule has 32 heavy (non-hydrogen) atoms. The molecule has 0 radical (unpaired) electrons. The number of nitrogens with zero attached hydrogens (tertiary/aromatic N) is 1. The van der Waals surface area contributed by atoms with E-state index in [-0.39, 0.29) is 17.7 Å². The monoisotopic (exact) mass is 539 g/mol. The summed E-state index contributed by atoms with van der Waals surface area (Å²) in [4.78, 5) is 40.5. The summed E-state index contributed by atoms with van der Waals surface area (Å²) in [6, 6.07) is 8.63. The van der Waals surface area contributed by atoms with Crippen molar-refractivity contribution in [3.05, 3.63) is 44.0 Å². The lowest BCUT2D eigenvalue weighted by Crippen LogP contribution is -2.54. The van der Waals surface area contributed by atoms with Crippen molar-refractivity contribution in [2.24, 2.45) is 0 Å². The van der Waals surface area contributed by atoms with E-state index in [1.807, 2.05) is 6.07 Å². The van der Waals surface area contributed by atoms with Crippen molar-refractivity contribution in [1.82, 2.24) is 5.32 Å². The Bertz CT molecular complexity index is 1040. The molecule has 0 bridgehead atoms. The number of ether oxygens (including phenoxy) is 1. The van der Waals surface area contributed by atoms with Gasteiger partial charge in [0.25, 0.3) is 5.91 Å². The predicted octanol–water partition coefficient (Wildman–Crippen LogP) is 4.60. The lowest BCUT2D eigenvalue weighted by Gasteiger charge is -2.29. The largest absolute Gasteiger partial charge is 0.379 e. The van der Waals surface area contributed by atoms with Crippen LogP contribution < -0.4 is 15.5 Å². The van der Waals surface area contributed by atoms with E-state index in [2.05, 4.69) is 26.6 Å². The molecular formula is C22H23BrClN3O4S. The molecule has 2 heterocycles. The van der Waals surface area contributed by atoms with Crippen LogP contribution in [0.4, 0.5) is 11.4 Å². The highest BCUT2D eigenvalue weighted by atomic mass is 79.9. The van der Waals surface area contributed by atoms with Gasteiger partial charge in [0.15, 0.2) is 0 Å². The Morgan fingerprint density at radius 1 is 1.16 bits per heavy atom. The summed E-state index contributed by atoms with van der Waals surface area (Å²) in [5.41, 5.74) is 0.144. The van der Waals surface area contributed by atoms with Crippen molar-refractivity contribution in [2.75, 3.05) is 30.0 Å². The number of anilines is 2. The normalized spacial score (nSPS) is 18.3. The van der Waals surface area contributed by atoms with Crippen molar-refractivity contribution in [3.63, 3.8) is 0 Å². The van der Waals surface area contributed by atoms with Crippen LogP contribution in [0.3, 0.4) is 0 Å². The molecule has 2 N–H and O–H groups in total. The Morgan fingerprint density at radius 3 is 2.62 bits per heavy atom. The summed E-state index contributed by atoms with van der Waals surface area (Å²) in [7, 11) is 0. The third kappa shape index (κ3) is 5.01. The number of carbonyl (C=O) groups is 3. The van der Waals surface area contributed by atoms with Gasteiger partial charge in [-0.15, -0.1) is 11.3 Å². The fraction of sp³-hybridized carbons (Fsp3) is 0.409. The number of rotatable bonds is 5. The first-order chi connectivity index (χ1) is 15.4. The van der Waals surface area contributed by atoms with Gasteiger partial charge in [-0.05, 0) is 59.1 Å². The first-order valence-corrected chi connectivity index (χ1v) is 12.4. The lowest BCUT2D eigenvalue weighted by molar-refractivity contribution is -0.122. The average molecular weight is 541 g/mol. The van der Waals surface area contributed by atoms with Crippen LogP contribution in [-0.4, -0.2) is 43.0 Å². The molecule has 3 amide bonds. The van der Waals surface area contributed by atoms with E-state index in [1.165, 1.54) is 11.3 Å². The highest BCUT2D eigenvalue weighted by Crippen LogP contribution is 2.34. The number of amides is 3. The molecule has 1 aromatic heterocycles. The van der Waals surface area contributed by atoms with Crippen LogP contribution in [-0.2, 0) is 14.3 Å². The van der Waals surface area contributed by atoms with Crippen LogP contribution in [0.15, 0.2) is 34.1 Å². The maximum absolute atomic E-state index is 13.2. The summed E-state index contributed by atoms with van der Waals surface area (Å²) < 4.78 is 6.22. The Labute approximate surface area is 203 Å². The van der Waals surface area contributed by atoms with Gasteiger partial charge in [0, 0.05) is 12.2 Å². The zero-order chi connectivity index (χ0) is 22.7. The number of nitrogens with one attached hydrogen (secondary N) is 2. The van der Waals surface area contributed by atoms with E-state index in [0.717, 1.165) is 16.6 Å². The maximum atomic E-state index is 13.2. The van der Waals surface area contributed by atoms with E-state index in [1.54, 1.807) is 29.2 Å². The van der Waals surface area contributed by atoms with Gasteiger partial charge in [-0.2, -0.15) is 0 Å². The number of carbonyl (C=O) groups excluding carboxylic acids is 3. The van der Waals surface area contributed by atoms with Gasteiger partial charge >= 0.3 is 0 Å². The molecule has 4 rings (SSSR count). The first kappa shape index (κ1) is 23.2. The van der Waals surface area contributed by atoms with Crippen LogP contribution in [0, 0.1) is 0 Å². The van der Waals surface area contributed by atoms with Crippen molar-refractivity contribution in [2.45, 2.75) is 37.6 Å². The van der Waals surface area contributed by atoms with Crippen LogP contribution in [0.2, 0.25) is 5.02 Å². The minimum atomic E-state index is -0.962. The lowest BCUT2D eigenvalue weighted by atomic mass is 9.95. The van der Waals surface area contributed by atoms with Gasteiger partial charge in [0.05, 0.1) is 39.0 Å². The minimum Gasteiger partial charge on any atom is -0.379 e. The molecule has 1 aliphatic heterocycles. The molecule has 2 fully saturated rings. The second-order valence-corrected chi connectivity index (χ2v) is 10.7. The van der Waals surface area contributed by atoms with E-state index >= 15 is 0 Å². The summed E-state index contributed by atoms with van der Waals surface area (Å²) >= 11 is 11.2. The highest BCUT2D eigenvalue weighted by molar-refractivity contribution is 9.11. The molecule has 170 valence electrons. The zero-order valence-corrected chi connectivity index (χ0v) is 20.4. The van der Waals surface area contributed by atoms with Crippen molar-refractivity contribution in [1.29, 1.82) is 0 Å². The Kier molecular flexibility index (Phi) is 7.19. The number of hydrogen-bond acceptors (Lipinski definition) is 5. The van der Waals surface area contributed by atoms with E-state index in [4.69, 9.17) is 16.3 Å². The first-order valence-electron chi connectivity index (χ1n) is 10.4. The average Bonchev–Trinajstić information content (AvgIpc) is 3.36. The molecule has 1 saturated carbocycles. The standard InChI is InChI=1S/C22H23BrClN3O4S/c23-18-6-5-17(32-18)20(29)26-22(8-1-2-9-22)21(30)25-14-3-4-16(15(24)13-14)27-10-12-31-11-7-19(27)28/h3-6,13H,1-2,7-12H2,(H,25,30)(H,26,29). The van der Waals surface area contributed by atoms with Crippen LogP contribution in [0.25, 0.3) is 0 Å². The quantitative estimate of drug-likeness (QED) is 0.580. The minimum absolute atomic E-state index is 0.0472. The highest BCUT2D eigenvalue weighted by Gasteiger charge is 2.43. The van der Waals surface area contributed by atoms with Crippen LogP contribution in [0.5, 0.6) is 0 Å². The molecule has 0 spiro atoms. The van der Waals surface area contributed by atoms with E-state index in [9.17, 15) is 14.4 Å². The topological polar surface area (TPSA) is 87.7 Å². The van der Waals surface area contributed by atoms with E-state index < -0.39 is 5.54 Å². The summed E-state index contributed by atoms with van der Waals surface area (Å²) in [6.45, 7) is 1.28. The second-order valence-electron chi connectivity index (χ2n) is 7.88. The summed E-state index contributed by atoms with van der Waals surface area (Å²) in [6.07, 6.45) is 3.18. The van der Waals surface area contributed by atoms with Gasteiger partial charge in [0.2, 0.25) is 11.8 Å². The number of thiophene rings is 1. The maximum Gasteiger partial charge on any atom is 0.262 e. The predicted molar refractivity (Wildman–Crippen MR) is 129 cm³/mol. The molecule has 1 aromatic carbocycles. The van der Waals surface area contributed by atoms with Gasteiger partial charge in [0.1, 0.15) is 5.54 Å². The molecule has 0 unspecified atom stereocenters. The summed E-state index contributed by atoms with van der Waals surface area (Å²) in [5.74, 6) is -0.566. The molecule has 7 nitrogen and oxygen atoms in total.